The van der Waals surface area contributed by atoms with Gasteiger partial charge in [0.25, 0.3) is 0 Å². The highest BCUT2D eigenvalue weighted by Gasteiger charge is 2.16. The monoisotopic (exact) mass is 256 g/mol. The Morgan fingerprint density at radius 1 is 1.33 bits per heavy atom. The third kappa shape index (κ3) is 4.27. The molecule has 0 amide bonds. The van der Waals surface area contributed by atoms with Crippen molar-refractivity contribution in [1.29, 1.82) is 0 Å². The van der Waals surface area contributed by atoms with E-state index in [0.29, 0.717) is 31.1 Å². The van der Waals surface area contributed by atoms with Crippen molar-refractivity contribution in [2.75, 3.05) is 32.2 Å². The minimum Gasteiger partial charge on any atom is -0.407 e. The second-order valence-electron chi connectivity index (χ2n) is 4.23. The lowest BCUT2D eigenvalue weighted by atomic mass is 10.1. The molecule has 0 aliphatic carbocycles. The molecule has 0 spiro atoms. The smallest absolute Gasteiger partial charge is 0.318 e. The highest BCUT2D eigenvalue weighted by molar-refractivity contribution is 5.24. The molecule has 0 aliphatic heterocycles. The molecular weight excluding hydrogens is 232 g/mol. The van der Waals surface area contributed by atoms with E-state index in [0.717, 1.165) is 19.4 Å². The van der Waals surface area contributed by atoms with Gasteiger partial charge in [0.2, 0.25) is 5.89 Å². The molecule has 0 aliphatic rings. The van der Waals surface area contributed by atoms with Gasteiger partial charge in [-0.05, 0) is 12.8 Å². The van der Waals surface area contributed by atoms with Crippen LogP contribution in [0.3, 0.4) is 0 Å². The fourth-order valence-corrected chi connectivity index (χ4v) is 1.82. The highest BCUT2D eigenvalue weighted by atomic mass is 16.5. The first-order valence-electron chi connectivity index (χ1n) is 6.47. The average molecular weight is 256 g/mol. The van der Waals surface area contributed by atoms with Crippen LogP contribution in [-0.2, 0) is 11.3 Å². The highest BCUT2D eigenvalue weighted by Crippen LogP contribution is 2.16. The largest absolute Gasteiger partial charge is 0.407 e. The molecule has 1 aromatic heterocycles. The van der Waals surface area contributed by atoms with E-state index in [1.54, 1.807) is 7.11 Å². The molecule has 1 rings (SSSR count). The summed E-state index contributed by atoms with van der Waals surface area (Å²) in [5.74, 6) is 0.610. The number of hydrogen-bond donors (Lipinski definition) is 1. The molecule has 0 saturated carbocycles. The van der Waals surface area contributed by atoms with Gasteiger partial charge < -0.3 is 19.4 Å². The molecule has 6 heteroatoms. The molecule has 0 aromatic carbocycles. The Hall–Kier alpha value is -1.14. The van der Waals surface area contributed by atoms with Crippen molar-refractivity contribution in [2.45, 2.75) is 39.3 Å². The van der Waals surface area contributed by atoms with Crippen LogP contribution in [0.25, 0.3) is 0 Å². The van der Waals surface area contributed by atoms with Gasteiger partial charge in [0.05, 0.1) is 13.2 Å². The molecule has 104 valence electrons. The van der Waals surface area contributed by atoms with E-state index < -0.39 is 0 Å². The molecule has 0 atom stereocenters. The Kier molecular flexibility index (Phi) is 6.67. The van der Waals surface area contributed by atoms with Gasteiger partial charge in [-0.15, -0.1) is 5.10 Å². The second-order valence-corrected chi connectivity index (χ2v) is 4.23. The predicted octanol–water partition coefficient (Wildman–Crippen LogP) is 1.43. The zero-order valence-corrected chi connectivity index (χ0v) is 11.8. The minimum atomic E-state index is 0.444. The van der Waals surface area contributed by atoms with Crippen LogP contribution in [0.4, 0.5) is 6.01 Å². The Bertz CT molecular complexity index is 326. The topological polar surface area (TPSA) is 63.4 Å². The summed E-state index contributed by atoms with van der Waals surface area (Å²) < 4.78 is 10.6. The maximum absolute atomic E-state index is 5.61. The van der Waals surface area contributed by atoms with Crippen LogP contribution in [0, 0.1) is 0 Å². The van der Waals surface area contributed by atoms with Gasteiger partial charge >= 0.3 is 6.01 Å². The quantitative estimate of drug-likeness (QED) is 0.674. The van der Waals surface area contributed by atoms with Gasteiger partial charge in [-0.25, -0.2) is 0 Å². The fraction of sp³-hybridized carbons (Fsp3) is 0.833. The first-order valence-corrected chi connectivity index (χ1v) is 6.47. The Morgan fingerprint density at radius 3 is 2.67 bits per heavy atom. The van der Waals surface area contributed by atoms with Gasteiger partial charge in [-0.2, -0.15) is 0 Å². The van der Waals surface area contributed by atoms with Crippen molar-refractivity contribution in [2.24, 2.45) is 0 Å². The summed E-state index contributed by atoms with van der Waals surface area (Å²) in [4.78, 5) is 2.05. The van der Waals surface area contributed by atoms with Crippen LogP contribution < -0.4 is 10.2 Å². The number of hydrogen-bond acceptors (Lipinski definition) is 6. The van der Waals surface area contributed by atoms with Gasteiger partial charge in [-0.3, -0.25) is 0 Å². The van der Waals surface area contributed by atoms with Crippen molar-refractivity contribution in [3.05, 3.63) is 5.89 Å². The number of rotatable bonds is 9. The van der Waals surface area contributed by atoms with E-state index in [9.17, 15) is 0 Å². The van der Waals surface area contributed by atoms with E-state index in [2.05, 4.69) is 29.4 Å². The normalized spacial score (nSPS) is 11.2. The van der Waals surface area contributed by atoms with Crippen LogP contribution in [0.15, 0.2) is 4.42 Å². The first-order chi connectivity index (χ1) is 8.72. The summed E-state index contributed by atoms with van der Waals surface area (Å²) in [6.45, 7) is 6.35. The SMILES string of the molecule is CCC(CC)N(C)c1nnc(CNCCOC)o1. The lowest BCUT2D eigenvalue weighted by Gasteiger charge is -2.23. The third-order valence-electron chi connectivity index (χ3n) is 3.01. The maximum Gasteiger partial charge on any atom is 0.318 e. The van der Waals surface area contributed by atoms with Crippen molar-refractivity contribution in [1.82, 2.24) is 15.5 Å². The second kappa shape index (κ2) is 8.05. The minimum absolute atomic E-state index is 0.444. The summed E-state index contributed by atoms with van der Waals surface area (Å²) in [5, 5.41) is 11.3. The van der Waals surface area contributed by atoms with Gasteiger partial charge in [0, 0.05) is 26.7 Å². The van der Waals surface area contributed by atoms with Gasteiger partial charge in [0.15, 0.2) is 0 Å². The molecule has 1 N–H and O–H groups in total. The van der Waals surface area contributed by atoms with Gasteiger partial charge in [0.1, 0.15) is 0 Å². The Labute approximate surface area is 109 Å². The summed E-state index contributed by atoms with van der Waals surface area (Å²) >= 11 is 0. The standard InChI is InChI=1S/C12H24N4O2/c1-5-10(6-2)16(3)12-15-14-11(18-12)9-13-7-8-17-4/h10,13H,5-9H2,1-4H3. The van der Waals surface area contributed by atoms with Crippen LogP contribution in [0.2, 0.25) is 0 Å². The molecule has 0 bridgehead atoms. The van der Waals surface area contributed by atoms with Crippen molar-refractivity contribution in [3.8, 4) is 0 Å². The zero-order chi connectivity index (χ0) is 13.4. The third-order valence-corrected chi connectivity index (χ3v) is 3.01. The molecule has 1 heterocycles. The summed E-state index contributed by atoms with van der Waals surface area (Å²) in [6, 6.07) is 1.03. The van der Waals surface area contributed by atoms with Gasteiger partial charge in [-0.1, -0.05) is 18.9 Å². The average Bonchev–Trinajstić information content (AvgIpc) is 2.85. The first kappa shape index (κ1) is 14.9. The molecule has 0 fully saturated rings. The van der Waals surface area contributed by atoms with Crippen LogP contribution in [-0.4, -0.2) is 43.5 Å². The number of nitrogens with one attached hydrogen (secondary N) is 1. The summed E-state index contributed by atoms with van der Waals surface area (Å²) in [5.41, 5.74) is 0. The fourth-order valence-electron chi connectivity index (χ4n) is 1.82. The number of anilines is 1. The molecule has 6 nitrogen and oxygen atoms in total. The lowest BCUT2D eigenvalue weighted by molar-refractivity contribution is 0.198. The summed E-state index contributed by atoms with van der Waals surface area (Å²) in [6.07, 6.45) is 2.13. The zero-order valence-electron chi connectivity index (χ0n) is 11.8. The maximum atomic E-state index is 5.61. The van der Waals surface area contributed by atoms with E-state index in [-0.39, 0.29) is 0 Å². The van der Waals surface area contributed by atoms with Crippen LogP contribution >= 0.6 is 0 Å². The van der Waals surface area contributed by atoms with Crippen molar-refractivity contribution < 1.29 is 9.15 Å². The molecule has 18 heavy (non-hydrogen) atoms. The lowest BCUT2D eigenvalue weighted by Crippen LogP contribution is -2.30. The van der Waals surface area contributed by atoms with E-state index in [4.69, 9.17) is 9.15 Å². The van der Waals surface area contributed by atoms with E-state index in [1.165, 1.54) is 0 Å². The van der Waals surface area contributed by atoms with Crippen LogP contribution in [0.1, 0.15) is 32.6 Å². The Balaban J connectivity index is 2.46. The molecule has 0 radical (unpaired) electrons. The van der Waals surface area contributed by atoms with Crippen molar-refractivity contribution >= 4 is 6.01 Å². The van der Waals surface area contributed by atoms with E-state index >= 15 is 0 Å². The number of methoxy groups -OCH3 is 1. The van der Waals surface area contributed by atoms with Crippen molar-refractivity contribution in [3.63, 3.8) is 0 Å². The molecule has 1 aromatic rings. The molecule has 0 saturated heterocycles. The summed E-state index contributed by atoms with van der Waals surface area (Å²) in [7, 11) is 3.67. The molecule has 0 unspecified atom stereocenters. The van der Waals surface area contributed by atoms with E-state index in [1.807, 2.05) is 11.9 Å². The van der Waals surface area contributed by atoms with Crippen LogP contribution in [0.5, 0.6) is 0 Å². The molecular formula is C12H24N4O2. The number of ether oxygens (including phenoxy) is 1. The number of nitrogens with zero attached hydrogens (tertiary/aromatic N) is 3. The number of aromatic nitrogens is 2. The Morgan fingerprint density at radius 2 is 2.06 bits per heavy atom. The predicted molar refractivity (Wildman–Crippen MR) is 70.7 cm³/mol.